The van der Waals surface area contributed by atoms with Crippen LogP contribution in [0.15, 0.2) is 24.3 Å². The first-order valence-corrected chi connectivity index (χ1v) is 8.33. The molecule has 1 aliphatic heterocycles. The Balaban J connectivity index is 2.27. The molecule has 0 saturated carbocycles. The normalized spacial score (nSPS) is 20.1. The van der Waals surface area contributed by atoms with Crippen molar-refractivity contribution in [1.29, 1.82) is 0 Å². The van der Waals surface area contributed by atoms with E-state index in [1.165, 1.54) is 7.11 Å². The second kappa shape index (κ2) is 5.44. The molecule has 20 heavy (non-hydrogen) atoms. The Morgan fingerprint density at radius 2 is 1.95 bits per heavy atom. The van der Waals surface area contributed by atoms with Gasteiger partial charge in [0.2, 0.25) is 0 Å². The number of carbonyl (C=O) groups is 1. The molecule has 0 atom stereocenters. The van der Waals surface area contributed by atoms with E-state index in [2.05, 4.69) is 5.32 Å². The van der Waals surface area contributed by atoms with E-state index in [1.54, 1.807) is 0 Å². The molecule has 1 aromatic carbocycles. The minimum absolute atomic E-state index is 0.000908. The molecule has 1 N–H and O–H groups in total. The lowest BCUT2D eigenvalue weighted by Gasteiger charge is -2.36. The second-order valence-electron chi connectivity index (χ2n) is 5.22. The van der Waals surface area contributed by atoms with Gasteiger partial charge in [-0.25, -0.2) is 13.2 Å². The highest BCUT2D eigenvalue weighted by Crippen LogP contribution is 2.29. The third-order valence-electron chi connectivity index (χ3n) is 3.66. The Bertz CT molecular complexity index is 595. The van der Waals surface area contributed by atoms with E-state index in [0.29, 0.717) is 0 Å². The van der Waals surface area contributed by atoms with Crippen LogP contribution in [0, 0.1) is 6.92 Å². The molecule has 110 valence electrons. The molecule has 1 heterocycles. The minimum Gasteiger partial charge on any atom is -0.467 e. The first kappa shape index (κ1) is 14.8. The zero-order chi connectivity index (χ0) is 14.8. The standard InChI is InChI=1S/C14H19NO4S/c1-11-4-3-5-12(10-11)15-14(13(16)19-2)6-8-20(17,18)9-7-14/h3-5,10,15H,6-9H2,1-2H3. The van der Waals surface area contributed by atoms with Gasteiger partial charge < -0.3 is 10.1 Å². The molecule has 6 heteroatoms. The number of hydrogen-bond donors (Lipinski definition) is 1. The van der Waals surface area contributed by atoms with E-state index in [1.807, 2.05) is 31.2 Å². The first-order valence-electron chi connectivity index (χ1n) is 6.51. The maximum absolute atomic E-state index is 12.1. The number of aryl methyl sites for hydroxylation is 1. The fourth-order valence-corrected chi connectivity index (χ4v) is 3.98. The highest BCUT2D eigenvalue weighted by atomic mass is 32.2. The number of ether oxygens (including phenoxy) is 1. The van der Waals surface area contributed by atoms with Gasteiger partial charge in [0.15, 0.2) is 9.84 Å². The van der Waals surface area contributed by atoms with Crippen LogP contribution in [0.1, 0.15) is 18.4 Å². The van der Waals surface area contributed by atoms with Crippen molar-refractivity contribution in [3.8, 4) is 0 Å². The second-order valence-corrected chi connectivity index (χ2v) is 7.52. The van der Waals surface area contributed by atoms with Crippen molar-refractivity contribution in [1.82, 2.24) is 0 Å². The molecule has 0 aromatic heterocycles. The molecule has 5 nitrogen and oxygen atoms in total. The molecular formula is C14H19NO4S. The highest BCUT2D eigenvalue weighted by Gasteiger charge is 2.44. The number of nitrogens with one attached hydrogen (secondary N) is 1. The van der Waals surface area contributed by atoms with Crippen LogP contribution in [0.5, 0.6) is 0 Å². The van der Waals surface area contributed by atoms with Crippen molar-refractivity contribution in [2.75, 3.05) is 23.9 Å². The summed E-state index contributed by atoms with van der Waals surface area (Å²) >= 11 is 0. The van der Waals surface area contributed by atoms with E-state index >= 15 is 0 Å². The van der Waals surface area contributed by atoms with Crippen molar-refractivity contribution in [2.24, 2.45) is 0 Å². The topological polar surface area (TPSA) is 72.5 Å². The Morgan fingerprint density at radius 1 is 1.30 bits per heavy atom. The Kier molecular flexibility index (Phi) is 4.04. The average Bonchev–Trinajstić information content (AvgIpc) is 2.41. The summed E-state index contributed by atoms with van der Waals surface area (Å²) in [7, 11) is -1.72. The van der Waals surface area contributed by atoms with Crippen LogP contribution in [0.25, 0.3) is 0 Å². The van der Waals surface area contributed by atoms with Gasteiger partial charge in [0.1, 0.15) is 5.54 Å². The maximum atomic E-state index is 12.1. The lowest BCUT2D eigenvalue weighted by molar-refractivity contribution is -0.146. The van der Waals surface area contributed by atoms with Crippen LogP contribution >= 0.6 is 0 Å². The summed E-state index contributed by atoms with van der Waals surface area (Å²) in [4.78, 5) is 12.1. The molecule has 1 saturated heterocycles. The van der Waals surface area contributed by atoms with Crippen molar-refractivity contribution >= 4 is 21.5 Å². The fourth-order valence-electron chi connectivity index (χ4n) is 2.46. The van der Waals surface area contributed by atoms with Gasteiger partial charge in [-0.15, -0.1) is 0 Å². The number of benzene rings is 1. The summed E-state index contributed by atoms with van der Waals surface area (Å²) in [6.45, 7) is 1.96. The van der Waals surface area contributed by atoms with Gasteiger partial charge in [-0.1, -0.05) is 12.1 Å². The van der Waals surface area contributed by atoms with E-state index in [9.17, 15) is 13.2 Å². The summed E-state index contributed by atoms with van der Waals surface area (Å²) in [6, 6.07) is 7.64. The van der Waals surface area contributed by atoms with Crippen LogP contribution in [0.4, 0.5) is 5.69 Å². The van der Waals surface area contributed by atoms with Gasteiger partial charge in [0, 0.05) is 5.69 Å². The Hall–Kier alpha value is -1.56. The van der Waals surface area contributed by atoms with E-state index in [0.717, 1.165) is 11.3 Å². The number of rotatable bonds is 3. The smallest absolute Gasteiger partial charge is 0.331 e. The van der Waals surface area contributed by atoms with Crippen molar-refractivity contribution in [3.05, 3.63) is 29.8 Å². The molecule has 0 radical (unpaired) electrons. The zero-order valence-electron chi connectivity index (χ0n) is 11.7. The predicted octanol–water partition coefficient (Wildman–Crippen LogP) is 1.53. The third kappa shape index (κ3) is 3.12. The molecule has 0 bridgehead atoms. The SMILES string of the molecule is COC(=O)C1(Nc2cccc(C)c2)CCS(=O)(=O)CC1. The molecule has 2 rings (SSSR count). The van der Waals surface area contributed by atoms with Gasteiger partial charge in [0.05, 0.1) is 18.6 Å². The van der Waals surface area contributed by atoms with Crippen LogP contribution in [-0.2, 0) is 19.4 Å². The van der Waals surface area contributed by atoms with Gasteiger partial charge >= 0.3 is 5.97 Å². The lowest BCUT2D eigenvalue weighted by atomic mass is 9.91. The van der Waals surface area contributed by atoms with E-state index in [4.69, 9.17) is 4.74 Å². The molecule has 0 amide bonds. The molecule has 0 unspecified atom stereocenters. The van der Waals surface area contributed by atoms with Crippen molar-refractivity contribution in [2.45, 2.75) is 25.3 Å². The van der Waals surface area contributed by atoms with E-state index < -0.39 is 21.3 Å². The molecular weight excluding hydrogens is 278 g/mol. The fraction of sp³-hybridized carbons (Fsp3) is 0.500. The molecule has 0 spiro atoms. The van der Waals surface area contributed by atoms with Crippen LogP contribution in [-0.4, -0.2) is 38.5 Å². The summed E-state index contributed by atoms with van der Waals surface area (Å²) in [5.74, 6) is -0.407. The minimum atomic E-state index is -3.04. The molecule has 1 fully saturated rings. The third-order valence-corrected chi connectivity index (χ3v) is 5.31. The predicted molar refractivity (Wildman–Crippen MR) is 77.4 cm³/mol. The Morgan fingerprint density at radius 3 is 2.50 bits per heavy atom. The molecule has 0 aliphatic carbocycles. The first-order chi connectivity index (χ1) is 9.37. The monoisotopic (exact) mass is 297 g/mol. The van der Waals surface area contributed by atoms with Crippen LogP contribution in [0.2, 0.25) is 0 Å². The van der Waals surface area contributed by atoms with Gasteiger partial charge in [-0.3, -0.25) is 0 Å². The quantitative estimate of drug-likeness (QED) is 0.857. The number of carbonyl (C=O) groups excluding carboxylic acids is 1. The number of hydrogen-bond acceptors (Lipinski definition) is 5. The van der Waals surface area contributed by atoms with Crippen molar-refractivity contribution < 1.29 is 17.9 Å². The summed E-state index contributed by atoms with van der Waals surface area (Å²) in [5, 5.41) is 3.18. The summed E-state index contributed by atoms with van der Waals surface area (Å²) < 4.78 is 28.0. The summed E-state index contributed by atoms with van der Waals surface area (Å²) in [5.41, 5.74) is 0.918. The number of sulfone groups is 1. The average molecular weight is 297 g/mol. The summed E-state index contributed by atoms with van der Waals surface area (Å²) in [6.07, 6.45) is 0.464. The molecule has 1 aromatic rings. The largest absolute Gasteiger partial charge is 0.467 e. The molecule has 1 aliphatic rings. The van der Waals surface area contributed by atoms with Gasteiger partial charge in [0.25, 0.3) is 0 Å². The van der Waals surface area contributed by atoms with Gasteiger partial charge in [-0.05, 0) is 37.5 Å². The lowest BCUT2D eigenvalue weighted by Crippen LogP contribution is -2.52. The van der Waals surface area contributed by atoms with Gasteiger partial charge in [-0.2, -0.15) is 0 Å². The maximum Gasteiger partial charge on any atom is 0.331 e. The Labute approximate surface area is 119 Å². The zero-order valence-corrected chi connectivity index (χ0v) is 12.5. The van der Waals surface area contributed by atoms with Crippen LogP contribution < -0.4 is 5.32 Å². The number of anilines is 1. The number of esters is 1. The number of methoxy groups -OCH3 is 1. The van der Waals surface area contributed by atoms with E-state index in [-0.39, 0.29) is 24.3 Å². The van der Waals surface area contributed by atoms with Crippen LogP contribution in [0.3, 0.4) is 0 Å². The highest BCUT2D eigenvalue weighted by molar-refractivity contribution is 7.91. The van der Waals surface area contributed by atoms with Crippen molar-refractivity contribution in [3.63, 3.8) is 0 Å².